The number of halogens is 1. The number of hydrogen-bond donors (Lipinski definition) is 1. The molecule has 1 atom stereocenters. The Hall–Kier alpha value is -0.380. The standard InChI is InChI=1S/C15H23BrN2/c1-15(2,3)14(18-10-8-17-9-11-18)12-6-4-5-7-13(12)16/h4-7,14,17H,8-11H2,1-3H3/t14-/m0/s1. The Morgan fingerprint density at radius 3 is 2.33 bits per heavy atom. The molecule has 1 aliphatic rings. The fourth-order valence-corrected chi connectivity index (χ4v) is 3.35. The summed E-state index contributed by atoms with van der Waals surface area (Å²) in [6, 6.07) is 9.10. The maximum Gasteiger partial charge on any atom is 0.0408 e. The van der Waals surface area contributed by atoms with Gasteiger partial charge in [0.2, 0.25) is 0 Å². The van der Waals surface area contributed by atoms with Crippen molar-refractivity contribution >= 4 is 15.9 Å². The van der Waals surface area contributed by atoms with Gasteiger partial charge in [-0.15, -0.1) is 0 Å². The average Bonchev–Trinajstić information content (AvgIpc) is 2.32. The molecule has 0 aromatic heterocycles. The molecule has 1 fully saturated rings. The van der Waals surface area contributed by atoms with E-state index in [1.165, 1.54) is 10.0 Å². The number of piperazine rings is 1. The van der Waals surface area contributed by atoms with E-state index in [0.717, 1.165) is 26.2 Å². The van der Waals surface area contributed by atoms with Crippen molar-refractivity contribution in [1.82, 2.24) is 10.2 Å². The van der Waals surface area contributed by atoms with Gasteiger partial charge >= 0.3 is 0 Å². The molecule has 0 amide bonds. The minimum atomic E-state index is 0.237. The number of hydrogen-bond acceptors (Lipinski definition) is 2. The Morgan fingerprint density at radius 1 is 1.17 bits per heavy atom. The van der Waals surface area contributed by atoms with Gasteiger partial charge in [-0.3, -0.25) is 4.90 Å². The largest absolute Gasteiger partial charge is 0.314 e. The van der Waals surface area contributed by atoms with Gasteiger partial charge in [0.15, 0.2) is 0 Å². The van der Waals surface area contributed by atoms with Crippen LogP contribution in [0.25, 0.3) is 0 Å². The van der Waals surface area contributed by atoms with Crippen LogP contribution >= 0.6 is 15.9 Å². The first kappa shape index (κ1) is 14.0. The van der Waals surface area contributed by atoms with Crippen LogP contribution in [0.2, 0.25) is 0 Å². The van der Waals surface area contributed by atoms with Crippen LogP contribution < -0.4 is 5.32 Å². The fourth-order valence-electron chi connectivity index (χ4n) is 2.85. The van der Waals surface area contributed by atoms with Crippen LogP contribution in [0, 0.1) is 5.41 Å². The zero-order valence-corrected chi connectivity index (χ0v) is 13.1. The highest BCUT2D eigenvalue weighted by molar-refractivity contribution is 9.10. The molecule has 1 saturated heterocycles. The first-order chi connectivity index (χ1) is 8.50. The minimum Gasteiger partial charge on any atom is -0.314 e. The molecule has 1 aromatic rings. The number of rotatable bonds is 2. The van der Waals surface area contributed by atoms with Crippen LogP contribution in [0.1, 0.15) is 32.4 Å². The lowest BCUT2D eigenvalue weighted by atomic mass is 9.81. The number of nitrogens with zero attached hydrogens (tertiary/aromatic N) is 1. The van der Waals surface area contributed by atoms with Crippen LogP contribution in [0.15, 0.2) is 28.7 Å². The van der Waals surface area contributed by atoms with Gasteiger partial charge in [0.25, 0.3) is 0 Å². The van der Waals surface area contributed by atoms with Crippen molar-refractivity contribution in [2.24, 2.45) is 5.41 Å². The van der Waals surface area contributed by atoms with Crippen molar-refractivity contribution in [3.05, 3.63) is 34.3 Å². The number of benzene rings is 1. The topological polar surface area (TPSA) is 15.3 Å². The molecule has 2 nitrogen and oxygen atoms in total. The van der Waals surface area contributed by atoms with Crippen molar-refractivity contribution in [3.63, 3.8) is 0 Å². The van der Waals surface area contributed by atoms with Crippen molar-refractivity contribution in [3.8, 4) is 0 Å². The molecule has 3 heteroatoms. The lowest BCUT2D eigenvalue weighted by Crippen LogP contribution is -2.48. The zero-order chi connectivity index (χ0) is 13.2. The molecule has 0 unspecified atom stereocenters. The lowest BCUT2D eigenvalue weighted by Gasteiger charge is -2.43. The Kier molecular flexibility index (Phi) is 4.46. The van der Waals surface area contributed by atoms with Crippen molar-refractivity contribution in [1.29, 1.82) is 0 Å². The SMILES string of the molecule is CC(C)(C)[C@H](c1ccccc1Br)N1CCNCC1. The van der Waals surface area contributed by atoms with Crippen LogP contribution in [-0.4, -0.2) is 31.1 Å². The fraction of sp³-hybridized carbons (Fsp3) is 0.600. The molecule has 0 bridgehead atoms. The van der Waals surface area contributed by atoms with Gasteiger partial charge in [-0.05, 0) is 17.0 Å². The van der Waals surface area contributed by atoms with E-state index in [4.69, 9.17) is 0 Å². The van der Waals surface area contributed by atoms with E-state index in [1.807, 2.05) is 0 Å². The van der Waals surface area contributed by atoms with Gasteiger partial charge in [0, 0.05) is 36.7 Å². The molecule has 1 aromatic carbocycles. The van der Waals surface area contributed by atoms with Gasteiger partial charge in [0.05, 0.1) is 0 Å². The summed E-state index contributed by atoms with van der Waals surface area (Å²) >= 11 is 3.71. The van der Waals surface area contributed by atoms with E-state index < -0.39 is 0 Å². The summed E-state index contributed by atoms with van der Waals surface area (Å²) in [7, 11) is 0. The molecule has 2 rings (SSSR count). The van der Waals surface area contributed by atoms with Gasteiger partial charge in [-0.1, -0.05) is 54.9 Å². The molecule has 1 heterocycles. The predicted molar refractivity (Wildman–Crippen MR) is 80.8 cm³/mol. The second-order valence-corrected chi connectivity index (χ2v) is 6.93. The summed E-state index contributed by atoms with van der Waals surface area (Å²) in [5.74, 6) is 0. The van der Waals surface area contributed by atoms with Crippen LogP contribution in [0.3, 0.4) is 0 Å². The highest BCUT2D eigenvalue weighted by atomic mass is 79.9. The Morgan fingerprint density at radius 2 is 1.78 bits per heavy atom. The van der Waals surface area contributed by atoms with E-state index in [0.29, 0.717) is 6.04 Å². The minimum absolute atomic E-state index is 0.237. The third-order valence-electron chi connectivity index (χ3n) is 3.54. The maximum atomic E-state index is 3.71. The Labute approximate surface area is 119 Å². The monoisotopic (exact) mass is 310 g/mol. The van der Waals surface area contributed by atoms with E-state index in [-0.39, 0.29) is 5.41 Å². The summed E-state index contributed by atoms with van der Waals surface area (Å²) in [4.78, 5) is 2.61. The first-order valence-corrected chi connectivity index (χ1v) is 7.48. The predicted octanol–water partition coefficient (Wildman–Crippen LogP) is 3.44. The highest BCUT2D eigenvalue weighted by Crippen LogP contribution is 2.40. The normalized spacial score (nSPS) is 19.8. The molecule has 18 heavy (non-hydrogen) atoms. The summed E-state index contributed by atoms with van der Waals surface area (Å²) in [6.45, 7) is 11.4. The maximum absolute atomic E-state index is 3.71. The van der Waals surface area contributed by atoms with Gasteiger partial charge < -0.3 is 5.32 Å². The van der Waals surface area contributed by atoms with E-state index in [2.05, 4.69) is 71.2 Å². The van der Waals surface area contributed by atoms with Crippen LogP contribution in [0.4, 0.5) is 0 Å². The van der Waals surface area contributed by atoms with E-state index >= 15 is 0 Å². The Balaban J connectivity index is 2.34. The van der Waals surface area contributed by atoms with Crippen molar-refractivity contribution < 1.29 is 0 Å². The summed E-state index contributed by atoms with van der Waals surface area (Å²) in [6.07, 6.45) is 0. The summed E-state index contributed by atoms with van der Waals surface area (Å²) in [5.41, 5.74) is 1.65. The van der Waals surface area contributed by atoms with Gasteiger partial charge in [-0.25, -0.2) is 0 Å². The summed E-state index contributed by atoms with van der Waals surface area (Å²) < 4.78 is 1.23. The quantitative estimate of drug-likeness (QED) is 0.900. The third kappa shape index (κ3) is 3.14. The molecule has 0 saturated carbocycles. The van der Waals surface area contributed by atoms with E-state index in [1.54, 1.807) is 0 Å². The molecular weight excluding hydrogens is 288 g/mol. The molecule has 0 radical (unpaired) electrons. The average molecular weight is 311 g/mol. The summed E-state index contributed by atoms with van der Waals surface area (Å²) in [5, 5.41) is 3.43. The second kappa shape index (κ2) is 5.72. The molecule has 100 valence electrons. The molecule has 0 spiro atoms. The molecular formula is C15H23BrN2. The number of nitrogens with one attached hydrogen (secondary N) is 1. The molecule has 1 aliphatic heterocycles. The first-order valence-electron chi connectivity index (χ1n) is 6.69. The molecule has 0 aliphatic carbocycles. The van der Waals surface area contributed by atoms with Crippen molar-refractivity contribution in [2.75, 3.05) is 26.2 Å². The van der Waals surface area contributed by atoms with Gasteiger partial charge in [-0.2, -0.15) is 0 Å². The van der Waals surface area contributed by atoms with Crippen LogP contribution in [-0.2, 0) is 0 Å². The lowest BCUT2D eigenvalue weighted by molar-refractivity contribution is 0.0857. The second-order valence-electron chi connectivity index (χ2n) is 6.08. The van der Waals surface area contributed by atoms with Gasteiger partial charge in [0.1, 0.15) is 0 Å². The van der Waals surface area contributed by atoms with Crippen molar-refractivity contribution in [2.45, 2.75) is 26.8 Å². The highest BCUT2D eigenvalue weighted by Gasteiger charge is 2.33. The zero-order valence-electron chi connectivity index (χ0n) is 11.5. The third-order valence-corrected chi connectivity index (χ3v) is 4.26. The van der Waals surface area contributed by atoms with Crippen LogP contribution in [0.5, 0.6) is 0 Å². The van der Waals surface area contributed by atoms with E-state index in [9.17, 15) is 0 Å². The smallest absolute Gasteiger partial charge is 0.0408 e. The Bertz CT molecular complexity index is 392. The molecule has 1 N–H and O–H groups in total.